The molecule has 3 aromatic rings. The van der Waals surface area contributed by atoms with E-state index in [0.29, 0.717) is 6.61 Å². The molecule has 0 atom stereocenters. The Bertz CT molecular complexity index is 1250. The maximum atomic E-state index is 13.8. The van der Waals surface area contributed by atoms with Crippen molar-refractivity contribution in [3.63, 3.8) is 0 Å². The van der Waals surface area contributed by atoms with Gasteiger partial charge >= 0.3 is 0 Å². The first-order valence-corrected chi connectivity index (χ1v) is 18.0. The number of halogens is 2. The Morgan fingerprint density at radius 1 is 0.865 bits per heavy atom. The van der Waals surface area contributed by atoms with Crippen molar-refractivity contribution >= 4 is 44.1 Å². The summed E-state index contributed by atoms with van der Waals surface area (Å²) < 4.78 is 29.5. The third kappa shape index (κ3) is 6.34. The Kier molecular flexibility index (Phi) is 8.31. The van der Waals surface area contributed by atoms with Crippen molar-refractivity contribution in [3.8, 4) is 5.75 Å². The Hall–Kier alpha value is -2.03. The van der Waals surface area contributed by atoms with Crippen LogP contribution in [0.3, 0.4) is 0 Å². The van der Waals surface area contributed by atoms with E-state index < -0.39 is 29.0 Å². The monoisotopic (exact) mass is 631 g/mol. The van der Waals surface area contributed by atoms with E-state index in [1.165, 1.54) is 7.20 Å². The van der Waals surface area contributed by atoms with E-state index in [1.54, 1.807) is 12.1 Å². The zero-order valence-electron chi connectivity index (χ0n) is 23.1. The van der Waals surface area contributed by atoms with Crippen molar-refractivity contribution in [1.29, 1.82) is 0 Å². The topological polar surface area (TPSA) is 21.7 Å². The Balaban J connectivity index is 1.65. The molecule has 0 aliphatic carbocycles. The van der Waals surface area contributed by atoms with Crippen LogP contribution in [0.25, 0.3) is 0 Å². The second kappa shape index (κ2) is 11.0. The lowest BCUT2D eigenvalue weighted by molar-refractivity contribution is 0.249. The summed E-state index contributed by atoms with van der Waals surface area (Å²) in [5.74, 6) is 0.728. The first-order valence-electron chi connectivity index (χ1n) is 12.9. The van der Waals surface area contributed by atoms with Crippen LogP contribution in [0.15, 0.2) is 72.8 Å². The number of nitrogens with zero attached hydrogens (tertiary/aromatic N) is 1. The highest BCUT2D eigenvalue weighted by molar-refractivity contribution is 14.2. The van der Waals surface area contributed by atoms with Crippen LogP contribution in [0.2, 0.25) is 18.1 Å². The van der Waals surface area contributed by atoms with E-state index in [9.17, 15) is 4.39 Å². The highest BCUT2D eigenvalue weighted by Crippen LogP contribution is 2.49. The van der Waals surface area contributed by atoms with Crippen molar-refractivity contribution in [1.82, 2.24) is 0 Å². The van der Waals surface area contributed by atoms with E-state index in [4.69, 9.17) is 9.16 Å². The quantitative estimate of drug-likeness (QED) is 0.174. The second-order valence-corrected chi connectivity index (χ2v) is 19.3. The van der Waals surface area contributed by atoms with Gasteiger partial charge in [0.05, 0.1) is 12.9 Å². The van der Waals surface area contributed by atoms with Gasteiger partial charge in [-0.25, -0.2) is 4.39 Å². The average molecular weight is 632 g/mol. The van der Waals surface area contributed by atoms with E-state index in [2.05, 4.69) is 82.9 Å². The lowest BCUT2D eigenvalue weighted by Gasteiger charge is -2.38. The van der Waals surface area contributed by atoms with Gasteiger partial charge in [0.15, 0.2) is 8.32 Å². The van der Waals surface area contributed by atoms with Gasteiger partial charge in [-0.2, -0.15) is 0 Å². The minimum absolute atomic E-state index is 0.0836. The number of anilines is 2. The van der Waals surface area contributed by atoms with Crippen molar-refractivity contribution in [3.05, 3.63) is 87.7 Å². The molecular weight excluding hydrogens is 592 g/mol. The fraction of sp³-hybridized carbons (Fsp3) is 0.387. The van der Waals surface area contributed by atoms with Crippen molar-refractivity contribution < 1.29 is 13.6 Å². The molecule has 6 heteroatoms. The first-order chi connectivity index (χ1) is 17.4. The number of hydrogen-bond donors (Lipinski definition) is 0. The fourth-order valence-electron chi connectivity index (χ4n) is 4.01. The van der Waals surface area contributed by atoms with Gasteiger partial charge in [0.1, 0.15) is 18.2 Å². The molecule has 3 nitrogen and oxygen atoms in total. The van der Waals surface area contributed by atoms with Gasteiger partial charge in [0.25, 0.3) is 0 Å². The molecule has 0 amide bonds. The number of hydrogen-bond acceptors (Lipinski definition) is 3. The Labute approximate surface area is 232 Å². The molecule has 0 unspecified atom stereocenters. The molecule has 0 aromatic heterocycles. The Morgan fingerprint density at radius 3 is 2.19 bits per heavy atom. The lowest BCUT2D eigenvalue weighted by atomic mass is 9.88. The van der Waals surface area contributed by atoms with E-state index in [0.717, 1.165) is 35.7 Å². The van der Waals surface area contributed by atoms with Gasteiger partial charge in [-0.3, -0.25) is 0 Å². The normalized spacial score (nSPS) is 14.2. The zero-order chi connectivity index (χ0) is 26.8. The number of fused-ring (bicyclic) bond motifs is 1. The van der Waals surface area contributed by atoms with Gasteiger partial charge in [0, 0.05) is 17.7 Å². The van der Waals surface area contributed by atoms with Crippen LogP contribution in [0, 0.1) is 14.8 Å². The third-order valence-electron chi connectivity index (χ3n) is 7.44. The molecule has 0 bridgehead atoms. The van der Waals surface area contributed by atoms with Crippen LogP contribution in [0.1, 0.15) is 46.6 Å². The summed E-state index contributed by atoms with van der Waals surface area (Å²) >= 11 is -0.501. The molecule has 0 N–H and O–H groups in total. The van der Waals surface area contributed by atoms with Crippen molar-refractivity contribution in [2.24, 2.45) is 5.41 Å². The molecule has 3 aromatic carbocycles. The maximum Gasteiger partial charge on any atom is 0.191 e. The lowest BCUT2D eigenvalue weighted by Crippen LogP contribution is -2.42. The van der Waals surface area contributed by atoms with Crippen LogP contribution in [-0.2, 0) is 11.0 Å². The third-order valence-corrected chi connectivity index (χ3v) is 16.1. The molecule has 4 rings (SSSR count). The van der Waals surface area contributed by atoms with Crippen LogP contribution < -0.4 is 9.64 Å². The molecule has 0 spiro atoms. The number of ether oxygens (including phenoxy) is 1. The van der Waals surface area contributed by atoms with Gasteiger partial charge in [-0.1, -0.05) is 91.7 Å². The van der Waals surface area contributed by atoms with Crippen LogP contribution >= 0.6 is 20.7 Å². The van der Waals surface area contributed by atoms with Crippen LogP contribution in [0.4, 0.5) is 15.8 Å². The summed E-state index contributed by atoms with van der Waals surface area (Å²) in [6.45, 7) is 17.4. The maximum absolute atomic E-state index is 13.8. The largest absolute Gasteiger partial charge is 0.488 e. The van der Waals surface area contributed by atoms with Crippen LogP contribution in [-0.4, -0.2) is 18.6 Å². The fourth-order valence-corrected chi connectivity index (χ4v) is 8.64. The molecule has 0 fully saturated rings. The summed E-state index contributed by atoms with van der Waals surface area (Å²) in [5.41, 5.74) is 3.21. The van der Waals surface area contributed by atoms with Crippen LogP contribution in [0.5, 0.6) is 5.75 Å². The van der Waals surface area contributed by atoms with Crippen molar-refractivity contribution in [2.75, 3.05) is 11.5 Å². The molecular formula is C31H39FINO2Si. The highest BCUT2D eigenvalue weighted by atomic mass is 127. The molecule has 0 saturated heterocycles. The SMILES string of the molecule is CC(C)(CCO[Si](C)(C)C(C)(C)C)C1=Ic2c(OCc3ccccc3)cccc2N1c1ccc(F)cc1. The molecule has 1 aliphatic rings. The first kappa shape index (κ1) is 28.0. The number of benzene rings is 3. The van der Waals surface area contributed by atoms with E-state index in [1.807, 2.05) is 30.3 Å². The number of rotatable bonds is 9. The van der Waals surface area contributed by atoms with Gasteiger partial charge < -0.3 is 14.1 Å². The van der Waals surface area contributed by atoms with Gasteiger partial charge in [-0.05, 0) is 66.5 Å². The standard InChI is InChI=1S/C31H39FINO2Si/c1-30(2,3)37(6,7)36-21-20-31(4,5)29-33-28-26(34(29)25-18-16-24(32)17-19-25)14-11-15-27(28)35-22-23-12-9-8-10-13-23/h8-19H,20-22H2,1-7H3. The molecule has 1 aliphatic heterocycles. The smallest absolute Gasteiger partial charge is 0.191 e. The average Bonchev–Trinajstić information content (AvgIpc) is 3.24. The van der Waals surface area contributed by atoms with Gasteiger partial charge in [0.2, 0.25) is 0 Å². The highest BCUT2D eigenvalue weighted by Gasteiger charge is 2.39. The summed E-state index contributed by atoms with van der Waals surface area (Å²) in [6, 6.07) is 23.5. The minimum atomic E-state index is -1.82. The zero-order valence-corrected chi connectivity index (χ0v) is 26.2. The van der Waals surface area contributed by atoms with E-state index >= 15 is 0 Å². The summed E-state index contributed by atoms with van der Waals surface area (Å²) in [5, 5.41) is 0.186. The predicted molar refractivity (Wildman–Crippen MR) is 165 cm³/mol. The van der Waals surface area contributed by atoms with E-state index in [-0.39, 0.29) is 16.3 Å². The Morgan fingerprint density at radius 2 is 1.54 bits per heavy atom. The van der Waals surface area contributed by atoms with Crippen molar-refractivity contribution in [2.45, 2.75) is 65.8 Å². The summed E-state index contributed by atoms with van der Waals surface area (Å²) in [7, 11) is -1.82. The van der Waals surface area contributed by atoms with Gasteiger partial charge in [-0.15, -0.1) is 0 Å². The molecule has 0 saturated carbocycles. The molecule has 37 heavy (non-hydrogen) atoms. The minimum Gasteiger partial charge on any atom is -0.488 e. The molecule has 1 heterocycles. The second-order valence-electron chi connectivity index (χ2n) is 11.8. The summed E-state index contributed by atoms with van der Waals surface area (Å²) in [4.78, 5) is 2.35. The summed E-state index contributed by atoms with van der Waals surface area (Å²) in [6.07, 6.45) is 0.931. The predicted octanol–water partition coefficient (Wildman–Crippen LogP) is 9.26. The molecule has 198 valence electrons. The molecule has 0 radical (unpaired) electrons.